The molecule has 176 valence electrons. The Morgan fingerprint density at radius 2 is 1.94 bits per heavy atom. The summed E-state index contributed by atoms with van der Waals surface area (Å²) in [6.07, 6.45) is 6.47. The molecule has 1 aliphatic heterocycles. The second kappa shape index (κ2) is 9.77. The molecule has 0 amide bonds. The van der Waals surface area contributed by atoms with Crippen molar-refractivity contribution >= 4 is 16.7 Å². The minimum absolute atomic E-state index is 0.199. The highest BCUT2D eigenvalue weighted by Crippen LogP contribution is 2.36. The highest BCUT2D eigenvalue weighted by molar-refractivity contribution is 5.98. The van der Waals surface area contributed by atoms with E-state index >= 15 is 0 Å². The van der Waals surface area contributed by atoms with Crippen LogP contribution in [-0.2, 0) is 11.3 Å². The number of aliphatic hydroxyl groups is 2. The van der Waals surface area contributed by atoms with E-state index in [-0.39, 0.29) is 12.1 Å². The molecule has 4 heterocycles. The van der Waals surface area contributed by atoms with Crippen LogP contribution >= 0.6 is 0 Å². The Kier molecular flexibility index (Phi) is 6.59. The molecular formula is C25H33N5O3. The molecule has 1 unspecified atom stereocenters. The number of hydrogen-bond acceptors (Lipinski definition) is 7. The maximum absolute atomic E-state index is 10.1. The van der Waals surface area contributed by atoms with Crippen LogP contribution in [0.2, 0.25) is 0 Å². The summed E-state index contributed by atoms with van der Waals surface area (Å²) in [4.78, 5) is 15.0. The highest BCUT2D eigenvalue weighted by Gasteiger charge is 2.23. The Bertz CT molecular complexity index is 1070. The third kappa shape index (κ3) is 5.04. The molecule has 2 aliphatic rings. The maximum Gasteiger partial charge on any atom is 0.139 e. The van der Waals surface area contributed by atoms with Gasteiger partial charge in [0, 0.05) is 54.7 Å². The van der Waals surface area contributed by atoms with Gasteiger partial charge in [-0.1, -0.05) is 6.07 Å². The molecule has 8 heteroatoms. The van der Waals surface area contributed by atoms with Gasteiger partial charge in [-0.2, -0.15) is 0 Å². The van der Waals surface area contributed by atoms with Crippen LogP contribution in [0, 0.1) is 0 Å². The maximum atomic E-state index is 10.1. The van der Waals surface area contributed by atoms with Crippen LogP contribution in [0.1, 0.15) is 50.0 Å². The van der Waals surface area contributed by atoms with Gasteiger partial charge in [0.05, 0.1) is 36.8 Å². The lowest BCUT2D eigenvalue weighted by Crippen LogP contribution is -2.35. The van der Waals surface area contributed by atoms with E-state index in [0.717, 1.165) is 92.2 Å². The van der Waals surface area contributed by atoms with Crippen molar-refractivity contribution < 1.29 is 14.9 Å². The number of ether oxygens (including phenoxy) is 1. The van der Waals surface area contributed by atoms with Gasteiger partial charge in [-0.3, -0.25) is 9.88 Å². The summed E-state index contributed by atoms with van der Waals surface area (Å²) in [6.45, 7) is 6.09. The first-order valence-electron chi connectivity index (χ1n) is 12.0. The van der Waals surface area contributed by atoms with E-state index in [9.17, 15) is 10.2 Å². The zero-order chi connectivity index (χ0) is 22.8. The number of morpholine rings is 1. The van der Waals surface area contributed by atoms with Gasteiger partial charge < -0.3 is 25.3 Å². The Morgan fingerprint density at radius 1 is 1.15 bits per heavy atom. The fourth-order valence-electron chi connectivity index (χ4n) is 4.79. The number of rotatable bonds is 6. The minimum Gasteiger partial charge on any atom is -0.393 e. The molecule has 0 aromatic carbocycles. The molecule has 2 fully saturated rings. The first-order valence-corrected chi connectivity index (χ1v) is 12.0. The topological polar surface area (TPSA) is 107 Å². The van der Waals surface area contributed by atoms with Crippen LogP contribution in [0.3, 0.4) is 0 Å². The van der Waals surface area contributed by atoms with Gasteiger partial charge in [0.15, 0.2) is 0 Å². The smallest absolute Gasteiger partial charge is 0.139 e. The van der Waals surface area contributed by atoms with E-state index in [0.29, 0.717) is 0 Å². The van der Waals surface area contributed by atoms with Gasteiger partial charge in [0.2, 0.25) is 0 Å². The zero-order valence-corrected chi connectivity index (χ0v) is 19.1. The molecule has 3 aromatic rings. The fourth-order valence-corrected chi connectivity index (χ4v) is 4.79. The third-order valence-corrected chi connectivity index (χ3v) is 6.78. The van der Waals surface area contributed by atoms with E-state index in [2.05, 4.69) is 32.3 Å². The van der Waals surface area contributed by atoms with Crippen molar-refractivity contribution in [2.24, 2.45) is 0 Å². The first-order chi connectivity index (χ1) is 16.1. The lowest BCUT2D eigenvalue weighted by molar-refractivity contribution is 0.0341. The lowest BCUT2D eigenvalue weighted by atomic mass is 9.92. The number of aromatic nitrogens is 3. The summed E-state index contributed by atoms with van der Waals surface area (Å²) in [6, 6.07) is 6.46. The monoisotopic (exact) mass is 451 g/mol. The van der Waals surface area contributed by atoms with E-state index in [1.165, 1.54) is 5.56 Å². The minimum atomic E-state index is -0.599. The van der Waals surface area contributed by atoms with E-state index < -0.39 is 6.10 Å². The van der Waals surface area contributed by atoms with Crippen LogP contribution in [0.4, 0.5) is 5.69 Å². The SMILES string of the molecule is CC(O)c1cc2c(NC3CCC(O)CC3)c(-c3ccc(CN4CCOCC4)cn3)cnc2[nH]1. The molecule has 4 N–H and O–H groups in total. The van der Waals surface area contributed by atoms with Crippen LogP contribution in [0.5, 0.6) is 0 Å². The molecule has 1 atom stereocenters. The summed E-state index contributed by atoms with van der Waals surface area (Å²) in [5.41, 5.74) is 5.47. The molecule has 0 spiro atoms. The van der Waals surface area contributed by atoms with Crippen molar-refractivity contribution in [3.05, 3.63) is 41.9 Å². The number of aliphatic hydroxyl groups excluding tert-OH is 2. The van der Waals surface area contributed by atoms with Crippen LogP contribution in [0.15, 0.2) is 30.6 Å². The number of H-pyrrole nitrogens is 1. The number of anilines is 1. The Hall–Kier alpha value is -2.52. The Morgan fingerprint density at radius 3 is 2.64 bits per heavy atom. The molecule has 0 radical (unpaired) electrons. The number of fused-ring (bicyclic) bond motifs is 1. The molecule has 1 saturated heterocycles. The van der Waals surface area contributed by atoms with Crippen molar-refractivity contribution in [3.8, 4) is 11.3 Å². The van der Waals surface area contributed by atoms with Gasteiger partial charge in [0.1, 0.15) is 5.65 Å². The van der Waals surface area contributed by atoms with Crippen molar-refractivity contribution in [1.29, 1.82) is 0 Å². The van der Waals surface area contributed by atoms with Gasteiger partial charge >= 0.3 is 0 Å². The molecule has 33 heavy (non-hydrogen) atoms. The Labute approximate surface area is 194 Å². The largest absolute Gasteiger partial charge is 0.393 e. The average Bonchev–Trinajstić information content (AvgIpc) is 3.27. The van der Waals surface area contributed by atoms with E-state index in [4.69, 9.17) is 9.72 Å². The van der Waals surface area contributed by atoms with Gasteiger partial charge in [-0.25, -0.2) is 4.98 Å². The van der Waals surface area contributed by atoms with Crippen LogP contribution in [0.25, 0.3) is 22.3 Å². The van der Waals surface area contributed by atoms with Crippen molar-refractivity contribution in [1.82, 2.24) is 19.9 Å². The third-order valence-electron chi connectivity index (χ3n) is 6.78. The van der Waals surface area contributed by atoms with Gasteiger partial charge in [-0.15, -0.1) is 0 Å². The van der Waals surface area contributed by atoms with Gasteiger partial charge in [0.25, 0.3) is 0 Å². The predicted molar refractivity (Wildman–Crippen MR) is 128 cm³/mol. The second-order valence-corrected chi connectivity index (χ2v) is 9.30. The number of nitrogens with one attached hydrogen (secondary N) is 2. The second-order valence-electron chi connectivity index (χ2n) is 9.30. The molecule has 0 bridgehead atoms. The molecule has 1 aliphatic carbocycles. The molecule has 1 saturated carbocycles. The summed E-state index contributed by atoms with van der Waals surface area (Å²) < 4.78 is 5.44. The van der Waals surface area contributed by atoms with E-state index in [1.807, 2.05) is 18.5 Å². The number of nitrogens with zero attached hydrogens (tertiary/aromatic N) is 3. The first kappa shape index (κ1) is 22.3. The molecule has 5 rings (SSSR count). The van der Waals surface area contributed by atoms with Crippen molar-refractivity contribution in [2.75, 3.05) is 31.6 Å². The normalized spacial score (nSPS) is 23.0. The van der Waals surface area contributed by atoms with Crippen molar-refractivity contribution in [3.63, 3.8) is 0 Å². The van der Waals surface area contributed by atoms with E-state index in [1.54, 1.807) is 6.92 Å². The highest BCUT2D eigenvalue weighted by atomic mass is 16.5. The average molecular weight is 452 g/mol. The Balaban J connectivity index is 1.45. The lowest BCUT2D eigenvalue weighted by Gasteiger charge is -2.28. The number of aromatic amines is 1. The van der Waals surface area contributed by atoms with Gasteiger partial charge in [-0.05, 0) is 50.3 Å². The molecular weight excluding hydrogens is 418 g/mol. The molecule has 3 aromatic heterocycles. The molecule has 8 nitrogen and oxygen atoms in total. The van der Waals surface area contributed by atoms with Crippen LogP contribution < -0.4 is 5.32 Å². The quantitative estimate of drug-likeness (QED) is 0.456. The van der Waals surface area contributed by atoms with Crippen LogP contribution in [-0.4, -0.2) is 68.5 Å². The fraction of sp³-hybridized carbons (Fsp3) is 0.520. The summed E-state index contributed by atoms with van der Waals surface area (Å²) in [5, 5.41) is 24.7. The number of hydrogen-bond donors (Lipinski definition) is 4. The zero-order valence-electron chi connectivity index (χ0n) is 19.1. The summed E-state index contributed by atoms with van der Waals surface area (Å²) in [7, 11) is 0. The number of pyridine rings is 2. The predicted octanol–water partition coefficient (Wildman–Crippen LogP) is 3.23. The standard InChI is InChI=1S/C25H33N5O3/c1-16(31)23-12-20-24(28-18-3-5-19(32)6-4-18)21(14-27-25(20)29-23)22-7-2-17(13-26-22)15-30-8-10-33-11-9-30/h2,7,12-14,16,18-19,31-32H,3-6,8-11,15H2,1H3,(H2,27,28,29). The summed E-state index contributed by atoms with van der Waals surface area (Å²) >= 11 is 0. The summed E-state index contributed by atoms with van der Waals surface area (Å²) in [5.74, 6) is 0. The van der Waals surface area contributed by atoms with Crippen molar-refractivity contribution in [2.45, 2.75) is 57.4 Å².